The molecule has 0 radical (unpaired) electrons. The van der Waals surface area contributed by atoms with Crippen LogP contribution in [0.15, 0.2) is 28.7 Å². The summed E-state index contributed by atoms with van der Waals surface area (Å²) in [4.78, 5) is 0. The lowest BCUT2D eigenvalue weighted by Crippen LogP contribution is -2.21. The van der Waals surface area contributed by atoms with E-state index in [1.165, 1.54) is 5.56 Å². The fraction of sp³-hybridized carbons (Fsp3) is 0.571. The molecule has 1 atom stereocenters. The quantitative estimate of drug-likeness (QED) is 0.710. The molecule has 0 heterocycles. The predicted molar refractivity (Wildman–Crippen MR) is 77.9 cm³/mol. The molecule has 1 rings (SSSR count). The molecule has 1 aromatic rings. The van der Waals surface area contributed by atoms with E-state index in [1.807, 2.05) is 6.07 Å². The van der Waals surface area contributed by atoms with E-state index < -0.39 is 0 Å². The minimum absolute atomic E-state index is 0.347. The number of hydrogen-bond donors (Lipinski definition) is 1. The molecule has 0 aliphatic heterocycles. The van der Waals surface area contributed by atoms with Gasteiger partial charge < -0.3 is 14.8 Å². The van der Waals surface area contributed by atoms with Gasteiger partial charge in [-0.1, -0.05) is 34.1 Å². The van der Waals surface area contributed by atoms with Crippen molar-refractivity contribution in [2.24, 2.45) is 0 Å². The normalized spacial score (nSPS) is 12.6. The molecule has 0 bridgehead atoms. The topological polar surface area (TPSA) is 30.5 Å². The van der Waals surface area contributed by atoms with Crippen molar-refractivity contribution in [3.8, 4) is 0 Å². The lowest BCUT2D eigenvalue weighted by Gasteiger charge is -2.15. The first-order chi connectivity index (χ1) is 8.75. The highest BCUT2D eigenvalue weighted by Gasteiger charge is 2.07. The van der Waals surface area contributed by atoms with Crippen molar-refractivity contribution < 1.29 is 9.47 Å². The van der Waals surface area contributed by atoms with Gasteiger partial charge in [0.1, 0.15) is 0 Å². The summed E-state index contributed by atoms with van der Waals surface area (Å²) in [6, 6.07) is 8.65. The number of ether oxygens (including phenoxy) is 2. The minimum Gasteiger partial charge on any atom is -0.382 e. The molecule has 0 amide bonds. The fourth-order valence-corrected chi connectivity index (χ4v) is 2.30. The third-order valence-electron chi connectivity index (χ3n) is 2.72. The SMILES string of the molecule is COCCOCCCN[C@H](C)c1ccccc1Br. The van der Waals surface area contributed by atoms with Gasteiger partial charge in [-0.25, -0.2) is 0 Å². The minimum atomic E-state index is 0.347. The second-order valence-corrected chi connectivity index (χ2v) is 5.01. The maximum Gasteiger partial charge on any atom is 0.0700 e. The summed E-state index contributed by atoms with van der Waals surface area (Å²) in [5, 5.41) is 3.49. The first-order valence-electron chi connectivity index (χ1n) is 6.30. The van der Waals surface area contributed by atoms with Crippen LogP contribution in [0.3, 0.4) is 0 Å². The number of rotatable bonds is 9. The highest BCUT2D eigenvalue weighted by atomic mass is 79.9. The fourth-order valence-electron chi connectivity index (χ4n) is 1.67. The van der Waals surface area contributed by atoms with Crippen LogP contribution in [-0.2, 0) is 9.47 Å². The summed E-state index contributed by atoms with van der Waals surface area (Å²) < 4.78 is 11.5. The number of benzene rings is 1. The molecule has 18 heavy (non-hydrogen) atoms. The van der Waals surface area contributed by atoms with E-state index in [0.29, 0.717) is 19.3 Å². The molecule has 4 heteroatoms. The number of hydrogen-bond acceptors (Lipinski definition) is 3. The Labute approximate surface area is 118 Å². The summed E-state index contributed by atoms with van der Waals surface area (Å²) in [5.74, 6) is 0. The van der Waals surface area contributed by atoms with E-state index in [-0.39, 0.29) is 0 Å². The Balaban J connectivity index is 2.14. The summed E-state index contributed by atoms with van der Waals surface area (Å²) >= 11 is 3.57. The number of nitrogens with one attached hydrogen (secondary N) is 1. The van der Waals surface area contributed by atoms with Crippen molar-refractivity contribution in [1.29, 1.82) is 0 Å². The molecule has 0 aliphatic carbocycles. The van der Waals surface area contributed by atoms with Crippen molar-refractivity contribution in [1.82, 2.24) is 5.32 Å². The predicted octanol–water partition coefficient (Wildman–Crippen LogP) is 3.15. The monoisotopic (exact) mass is 315 g/mol. The Morgan fingerprint density at radius 3 is 2.72 bits per heavy atom. The molecule has 0 fully saturated rings. The second-order valence-electron chi connectivity index (χ2n) is 4.16. The van der Waals surface area contributed by atoms with Crippen LogP contribution in [0.4, 0.5) is 0 Å². The van der Waals surface area contributed by atoms with Gasteiger partial charge in [-0.3, -0.25) is 0 Å². The Bertz CT molecular complexity index is 333. The highest BCUT2D eigenvalue weighted by Crippen LogP contribution is 2.22. The van der Waals surface area contributed by atoms with Gasteiger partial charge in [-0.2, -0.15) is 0 Å². The van der Waals surface area contributed by atoms with Crippen LogP contribution in [0, 0.1) is 0 Å². The molecule has 0 aromatic heterocycles. The van der Waals surface area contributed by atoms with Gasteiger partial charge in [0.05, 0.1) is 13.2 Å². The summed E-state index contributed by atoms with van der Waals surface area (Å²) in [6.07, 6.45) is 1.01. The summed E-state index contributed by atoms with van der Waals surface area (Å²) in [6.45, 7) is 5.25. The van der Waals surface area contributed by atoms with Crippen LogP contribution in [0.2, 0.25) is 0 Å². The average molecular weight is 316 g/mol. The molecule has 0 spiro atoms. The van der Waals surface area contributed by atoms with Gasteiger partial charge in [0, 0.05) is 24.2 Å². The molecule has 0 saturated carbocycles. The number of halogens is 1. The van der Waals surface area contributed by atoms with Crippen LogP contribution in [-0.4, -0.2) is 33.5 Å². The molecule has 0 saturated heterocycles. The largest absolute Gasteiger partial charge is 0.382 e. The van der Waals surface area contributed by atoms with Gasteiger partial charge in [-0.05, 0) is 31.5 Å². The van der Waals surface area contributed by atoms with Gasteiger partial charge in [0.2, 0.25) is 0 Å². The lowest BCUT2D eigenvalue weighted by molar-refractivity contribution is 0.0693. The molecule has 102 valence electrons. The van der Waals surface area contributed by atoms with E-state index >= 15 is 0 Å². The van der Waals surface area contributed by atoms with E-state index in [2.05, 4.69) is 46.4 Å². The smallest absolute Gasteiger partial charge is 0.0700 e. The second kappa shape index (κ2) is 9.50. The van der Waals surface area contributed by atoms with Crippen LogP contribution < -0.4 is 5.32 Å². The maximum absolute atomic E-state index is 5.41. The van der Waals surface area contributed by atoms with E-state index in [9.17, 15) is 0 Å². The van der Waals surface area contributed by atoms with Gasteiger partial charge in [0.25, 0.3) is 0 Å². The van der Waals surface area contributed by atoms with Crippen molar-refractivity contribution in [3.63, 3.8) is 0 Å². The van der Waals surface area contributed by atoms with E-state index in [0.717, 1.165) is 24.0 Å². The summed E-state index contributed by atoms with van der Waals surface area (Å²) in [7, 11) is 1.68. The first-order valence-corrected chi connectivity index (χ1v) is 7.09. The summed E-state index contributed by atoms with van der Waals surface area (Å²) in [5.41, 5.74) is 1.29. The molecule has 3 nitrogen and oxygen atoms in total. The van der Waals surface area contributed by atoms with Gasteiger partial charge in [-0.15, -0.1) is 0 Å². The molecule has 0 aliphatic rings. The molecular weight excluding hydrogens is 294 g/mol. The van der Waals surface area contributed by atoms with E-state index in [4.69, 9.17) is 9.47 Å². The van der Waals surface area contributed by atoms with Crippen LogP contribution in [0.5, 0.6) is 0 Å². The molecule has 1 aromatic carbocycles. The Hall–Kier alpha value is -0.420. The Kier molecular flexibility index (Phi) is 8.25. The zero-order valence-electron chi connectivity index (χ0n) is 11.1. The Morgan fingerprint density at radius 1 is 1.22 bits per heavy atom. The Morgan fingerprint density at radius 2 is 2.00 bits per heavy atom. The lowest BCUT2D eigenvalue weighted by atomic mass is 10.1. The zero-order chi connectivity index (χ0) is 13.2. The van der Waals surface area contributed by atoms with Gasteiger partial charge in [0.15, 0.2) is 0 Å². The molecule has 1 N–H and O–H groups in total. The average Bonchev–Trinajstić information content (AvgIpc) is 2.38. The van der Waals surface area contributed by atoms with Crippen LogP contribution in [0.25, 0.3) is 0 Å². The van der Waals surface area contributed by atoms with Crippen molar-refractivity contribution in [2.75, 3.05) is 33.5 Å². The van der Waals surface area contributed by atoms with Gasteiger partial charge >= 0.3 is 0 Å². The standard InChI is InChI=1S/C14H22BrNO2/c1-12(13-6-3-4-7-14(13)15)16-8-5-9-18-11-10-17-2/h3-4,6-7,12,16H,5,8-11H2,1-2H3/t12-/m1/s1. The third-order valence-corrected chi connectivity index (χ3v) is 3.44. The zero-order valence-corrected chi connectivity index (χ0v) is 12.7. The van der Waals surface area contributed by atoms with Crippen molar-refractivity contribution in [2.45, 2.75) is 19.4 Å². The third kappa shape index (κ3) is 5.96. The first kappa shape index (κ1) is 15.6. The van der Waals surface area contributed by atoms with Crippen molar-refractivity contribution in [3.05, 3.63) is 34.3 Å². The highest BCUT2D eigenvalue weighted by molar-refractivity contribution is 9.10. The van der Waals surface area contributed by atoms with E-state index in [1.54, 1.807) is 7.11 Å². The molecular formula is C14H22BrNO2. The molecule has 0 unspecified atom stereocenters. The maximum atomic E-state index is 5.41. The van der Waals surface area contributed by atoms with Crippen LogP contribution >= 0.6 is 15.9 Å². The number of methoxy groups -OCH3 is 1. The van der Waals surface area contributed by atoms with Crippen LogP contribution in [0.1, 0.15) is 24.9 Å². The van der Waals surface area contributed by atoms with Crippen molar-refractivity contribution >= 4 is 15.9 Å².